The second-order valence-corrected chi connectivity index (χ2v) is 5.76. The largest absolute Gasteiger partial charge is 0.457 e. The molecule has 0 spiro atoms. The first-order valence-electron chi connectivity index (χ1n) is 7.61. The average Bonchev–Trinajstić information content (AvgIpc) is 2.82. The summed E-state index contributed by atoms with van der Waals surface area (Å²) in [5.74, 6) is 1.89. The summed E-state index contributed by atoms with van der Waals surface area (Å²) < 4.78 is 7.95. The molecule has 0 aliphatic heterocycles. The number of aryl methyl sites for hydroxylation is 2. The van der Waals surface area contributed by atoms with Gasteiger partial charge in [0.15, 0.2) is 5.78 Å². The van der Waals surface area contributed by atoms with Gasteiger partial charge in [-0.15, -0.1) is 0 Å². The molecule has 0 bridgehead atoms. The Labute approximate surface area is 129 Å². The molecule has 2 aromatic carbocycles. The summed E-state index contributed by atoms with van der Waals surface area (Å²) >= 11 is 0. The molecule has 110 valence electrons. The van der Waals surface area contributed by atoms with Gasteiger partial charge in [0, 0.05) is 24.4 Å². The zero-order valence-corrected chi connectivity index (χ0v) is 12.5. The van der Waals surface area contributed by atoms with E-state index >= 15 is 0 Å². The van der Waals surface area contributed by atoms with Crippen LogP contribution in [-0.2, 0) is 13.5 Å². The number of hydrogen-bond acceptors (Lipinski definition) is 2. The molecule has 1 heterocycles. The fourth-order valence-corrected chi connectivity index (χ4v) is 3.34. The number of ether oxygens (including phenoxy) is 1. The number of benzene rings is 2. The molecule has 22 heavy (non-hydrogen) atoms. The number of carbonyl (C=O) groups excluding carboxylic acids is 1. The smallest absolute Gasteiger partial charge is 0.179 e. The Balaban J connectivity index is 1.82. The van der Waals surface area contributed by atoms with E-state index in [2.05, 4.69) is 6.07 Å². The van der Waals surface area contributed by atoms with Gasteiger partial charge in [-0.2, -0.15) is 0 Å². The van der Waals surface area contributed by atoms with Gasteiger partial charge < -0.3 is 9.30 Å². The lowest BCUT2D eigenvalue weighted by Gasteiger charge is -2.11. The molecule has 3 nitrogen and oxygen atoms in total. The highest BCUT2D eigenvalue weighted by Crippen LogP contribution is 2.34. The molecule has 0 unspecified atom stereocenters. The monoisotopic (exact) mass is 291 g/mol. The third kappa shape index (κ3) is 2.01. The van der Waals surface area contributed by atoms with Crippen LogP contribution in [0.4, 0.5) is 0 Å². The second-order valence-electron chi connectivity index (χ2n) is 5.76. The van der Waals surface area contributed by atoms with E-state index in [0.717, 1.165) is 40.9 Å². The second kappa shape index (κ2) is 5.02. The van der Waals surface area contributed by atoms with Crippen molar-refractivity contribution < 1.29 is 9.53 Å². The van der Waals surface area contributed by atoms with E-state index in [-0.39, 0.29) is 5.78 Å². The fraction of sp³-hybridized carbons (Fsp3) is 0.211. The number of aromatic nitrogens is 1. The molecule has 0 atom stereocenters. The summed E-state index contributed by atoms with van der Waals surface area (Å²) in [6.07, 6.45) is 2.56. The number of Topliss-reactive ketones (excluding diaryl/α,β-unsaturated/α-hetero) is 1. The Hall–Kier alpha value is -2.55. The van der Waals surface area contributed by atoms with Crippen molar-refractivity contribution in [2.24, 2.45) is 7.05 Å². The highest BCUT2D eigenvalue weighted by molar-refractivity contribution is 6.04. The van der Waals surface area contributed by atoms with E-state index in [1.54, 1.807) is 0 Å². The predicted octanol–water partition coefficient (Wildman–Crippen LogP) is 4.49. The van der Waals surface area contributed by atoms with Gasteiger partial charge >= 0.3 is 0 Å². The van der Waals surface area contributed by atoms with E-state index in [9.17, 15) is 4.79 Å². The number of hydrogen-bond donors (Lipinski definition) is 0. The van der Waals surface area contributed by atoms with Crippen molar-refractivity contribution in [3.05, 3.63) is 59.8 Å². The average molecular weight is 291 g/mol. The highest BCUT2D eigenvalue weighted by atomic mass is 16.5. The van der Waals surface area contributed by atoms with E-state index in [1.807, 2.05) is 54.1 Å². The lowest BCUT2D eigenvalue weighted by molar-refractivity contribution is 0.0965. The van der Waals surface area contributed by atoms with Gasteiger partial charge in [0.1, 0.15) is 11.5 Å². The van der Waals surface area contributed by atoms with Crippen LogP contribution < -0.4 is 4.74 Å². The van der Waals surface area contributed by atoms with Crippen molar-refractivity contribution in [3.8, 4) is 11.5 Å². The van der Waals surface area contributed by atoms with Gasteiger partial charge in [-0.05, 0) is 48.7 Å². The van der Waals surface area contributed by atoms with Gasteiger partial charge in [0.25, 0.3) is 0 Å². The molecule has 1 aliphatic carbocycles. The summed E-state index contributed by atoms with van der Waals surface area (Å²) in [5, 5.41) is 1.14. The molecule has 4 rings (SSSR count). The van der Waals surface area contributed by atoms with E-state index in [1.165, 1.54) is 5.56 Å². The van der Waals surface area contributed by atoms with Crippen LogP contribution in [0.15, 0.2) is 48.5 Å². The summed E-state index contributed by atoms with van der Waals surface area (Å²) in [4.78, 5) is 12.2. The fourth-order valence-electron chi connectivity index (χ4n) is 3.34. The van der Waals surface area contributed by atoms with Crippen molar-refractivity contribution >= 4 is 16.7 Å². The highest BCUT2D eigenvalue weighted by Gasteiger charge is 2.24. The van der Waals surface area contributed by atoms with E-state index < -0.39 is 0 Å². The molecule has 3 aromatic rings. The van der Waals surface area contributed by atoms with Crippen LogP contribution in [0.25, 0.3) is 10.9 Å². The lowest BCUT2D eigenvalue weighted by atomic mass is 9.94. The molecule has 0 N–H and O–H groups in total. The van der Waals surface area contributed by atoms with Crippen LogP contribution in [0, 0.1) is 0 Å². The number of ketones is 1. The molecule has 3 heteroatoms. The third-order valence-electron chi connectivity index (χ3n) is 4.35. The van der Waals surface area contributed by atoms with Crippen molar-refractivity contribution in [2.75, 3.05) is 0 Å². The van der Waals surface area contributed by atoms with Crippen LogP contribution >= 0.6 is 0 Å². The lowest BCUT2D eigenvalue weighted by Crippen LogP contribution is -2.13. The number of rotatable bonds is 2. The van der Waals surface area contributed by atoms with Crippen LogP contribution in [0.2, 0.25) is 0 Å². The SMILES string of the molecule is Cn1c2c(c3cc(Oc4ccccc4)ccc31)CCCC2=O. The predicted molar refractivity (Wildman–Crippen MR) is 86.7 cm³/mol. The molecule has 0 saturated carbocycles. The minimum atomic E-state index is 0.255. The summed E-state index contributed by atoms with van der Waals surface area (Å²) in [6.45, 7) is 0. The maximum atomic E-state index is 12.2. The van der Waals surface area contributed by atoms with Crippen molar-refractivity contribution in [2.45, 2.75) is 19.3 Å². The Kier molecular flexibility index (Phi) is 3.00. The maximum Gasteiger partial charge on any atom is 0.179 e. The van der Waals surface area contributed by atoms with Crippen LogP contribution in [0.1, 0.15) is 28.9 Å². The van der Waals surface area contributed by atoms with Crippen LogP contribution in [0.5, 0.6) is 11.5 Å². The van der Waals surface area contributed by atoms with Crippen molar-refractivity contribution in [1.29, 1.82) is 0 Å². The molecule has 0 saturated heterocycles. The molecular formula is C19H17NO2. The van der Waals surface area contributed by atoms with Crippen molar-refractivity contribution in [3.63, 3.8) is 0 Å². The first-order chi connectivity index (χ1) is 10.7. The van der Waals surface area contributed by atoms with Gasteiger partial charge in [-0.3, -0.25) is 4.79 Å². The minimum absolute atomic E-state index is 0.255. The number of carbonyl (C=O) groups is 1. The van der Waals surface area contributed by atoms with Gasteiger partial charge in [0.2, 0.25) is 0 Å². The standard InChI is InChI=1S/C19H17NO2/c1-20-17-11-10-14(22-13-6-3-2-4-7-13)12-16(17)15-8-5-9-18(21)19(15)20/h2-4,6-7,10-12H,5,8-9H2,1H3. The Bertz CT molecular complexity index is 862. The first kappa shape index (κ1) is 13.1. The Morgan fingerprint density at radius 3 is 2.64 bits per heavy atom. The zero-order valence-electron chi connectivity index (χ0n) is 12.5. The topological polar surface area (TPSA) is 31.2 Å². The van der Waals surface area contributed by atoms with Crippen molar-refractivity contribution in [1.82, 2.24) is 4.57 Å². The van der Waals surface area contributed by atoms with Crippen LogP contribution in [0.3, 0.4) is 0 Å². The molecule has 1 aliphatic rings. The van der Waals surface area contributed by atoms with E-state index in [0.29, 0.717) is 6.42 Å². The van der Waals surface area contributed by atoms with E-state index in [4.69, 9.17) is 4.74 Å². The zero-order chi connectivity index (χ0) is 15.1. The quantitative estimate of drug-likeness (QED) is 0.696. The number of fused-ring (bicyclic) bond motifs is 3. The number of nitrogens with zero attached hydrogens (tertiary/aromatic N) is 1. The normalized spacial score (nSPS) is 14.1. The first-order valence-corrected chi connectivity index (χ1v) is 7.61. The molecule has 0 amide bonds. The molecule has 0 radical (unpaired) electrons. The third-order valence-corrected chi connectivity index (χ3v) is 4.35. The summed E-state index contributed by atoms with van der Waals surface area (Å²) in [5.41, 5.74) is 3.14. The molecular weight excluding hydrogens is 274 g/mol. The van der Waals surface area contributed by atoms with Gasteiger partial charge in [-0.1, -0.05) is 18.2 Å². The van der Waals surface area contributed by atoms with Gasteiger partial charge in [0.05, 0.1) is 5.69 Å². The minimum Gasteiger partial charge on any atom is -0.457 e. The molecule has 0 fully saturated rings. The summed E-state index contributed by atoms with van der Waals surface area (Å²) in [7, 11) is 1.97. The Morgan fingerprint density at radius 1 is 1.00 bits per heavy atom. The van der Waals surface area contributed by atoms with Crippen LogP contribution in [-0.4, -0.2) is 10.4 Å². The van der Waals surface area contributed by atoms with Gasteiger partial charge in [-0.25, -0.2) is 0 Å². The maximum absolute atomic E-state index is 12.2. The number of para-hydroxylation sites is 1. The molecule has 1 aromatic heterocycles. The summed E-state index contributed by atoms with van der Waals surface area (Å²) in [6, 6.07) is 15.8. The Morgan fingerprint density at radius 2 is 1.82 bits per heavy atom.